The van der Waals surface area contributed by atoms with Gasteiger partial charge in [-0.15, -0.1) is 0 Å². The van der Waals surface area contributed by atoms with E-state index in [1.807, 2.05) is 13.8 Å². The highest BCUT2D eigenvalue weighted by Gasteiger charge is 2.07. The molecule has 0 saturated carbocycles. The van der Waals surface area contributed by atoms with Gasteiger partial charge in [0.1, 0.15) is 0 Å². The number of nitrogens with one attached hydrogen (secondary N) is 2. The van der Waals surface area contributed by atoms with E-state index >= 15 is 0 Å². The van der Waals surface area contributed by atoms with Crippen molar-refractivity contribution in [1.82, 2.24) is 10.6 Å². The number of hydrogen-bond acceptors (Lipinski definition) is 4. The minimum Gasteiger partial charge on any atom is -0.462 e. The molecular weight excluding hydrogens is 220 g/mol. The van der Waals surface area contributed by atoms with Crippen molar-refractivity contribution in [3.05, 3.63) is 0 Å². The molecule has 5 nitrogen and oxygen atoms in total. The molecule has 2 N–H and O–H groups in total. The summed E-state index contributed by atoms with van der Waals surface area (Å²) in [6.45, 7) is 8.22. The van der Waals surface area contributed by atoms with Gasteiger partial charge in [0.2, 0.25) is 5.91 Å². The molecule has 1 atom stereocenters. The Labute approximate surface area is 103 Å². The molecule has 0 rings (SSSR count). The Bertz CT molecular complexity index is 242. The van der Waals surface area contributed by atoms with Crippen LogP contribution >= 0.6 is 0 Å². The molecule has 5 heteroatoms. The van der Waals surface area contributed by atoms with Crippen LogP contribution in [0.3, 0.4) is 0 Å². The third-order valence-electron chi connectivity index (χ3n) is 2.19. The third kappa shape index (κ3) is 9.81. The molecule has 0 bridgehead atoms. The van der Waals surface area contributed by atoms with Crippen LogP contribution < -0.4 is 10.6 Å². The lowest BCUT2D eigenvalue weighted by molar-refractivity contribution is -0.146. The van der Waals surface area contributed by atoms with Crippen molar-refractivity contribution in [1.29, 1.82) is 0 Å². The van der Waals surface area contributed by atoms with Crippen LogP contribution in [0, 0.1) is 0 Å². The maximum Gasteiger partial charge on any atom is 0.320 e. The lowest BCUT2D eigenvalue weighted by Gasteiger charge is -2.11. The zero-order valence-corrected chi connectivity index (χ0v) is 11.2. The summed E-state index contributed by atoms with van der Waals surface area (Å²) in [5.74, 6) is -0.286. The fourth-order valence-electron chi connectivity index (χ4n) is 1.15. The summed E-state index contributed by atoms with van der Waals surface area (Å²) in [4.78, 5) is 22.5. The van der Waals surface area contributed by atoms with Crippen molar-refractivity contribution in [3.8, 4) is 0 Å². The molecule has 0 aliphatic heterocycles. The van der Waals surface area contributed by atoms with E-state index in [4.69, 9.17) is 4.74 Å². The second-order valence-electron chi connectivity index (χ2n) is 4.34. The molecule has 0 aromatic rings. The largest absolute Gasteiger partial charge is 0.462 e. The van der Waals surface area contributed by atoms with E-state index in [2.05, 4.69) is 10.6 Å². The SMILES string of the molecule is CCC(C)NC(=O)CCNCC(=O)OC(C)C. The lowest BCUT2D eigenvalue weighted by Crippen LogP contribution is -2.35. The van der Waals surface area contributed by atoms with Gasteiger partial charge in [0.25, 0.3) is 0 Å². The van der Waals surface area contributed by atoms with Gasteiger partial charge in [-0.2, -0.15) is 0 Å². The molecule has 1 amide bonds. The maximum absolute atomic E-state index is 11.4. The summed E-state index contributed by atoms with van der Waals surface area (Å²) < 4.78 is 4.94. The predicted molar refractivity (Wildman–Crippen MR) is 66.6 cm³/mol. The van der Waals surface area contributed by atoms with Crippen molar-refractivity contribution in [3.63, 3.8) is 0 Å². The Kier molecular flexibility index (Phi) is 8.40. The van der Waals surface area contributed by atoms with Crippen LogP contribution in [0.5, 0.6) is 0 Å². The highest BCUT2D eigenvalue weighted by Crippen LogP contribution is 1.90. The molecular formula is C12H24N2O3. The first kappa shape index (κ1) is 15.9. The van der Waals surface area contributed by atoms with Gasteiger partial charge < -0.3 is 15.4 Å². The Hall–Kier alpha value is -1.10. The van der Waals surface area contributed by atoms with Crippen molar-refractivity contribution in [2.24, 2.45) is 0 Å². The van der Waals surface area contributed by atoms with Gasteiger partial charge in [0.15, 0.2) is 0 Å². The number of esters is 1. The molecule has 0 aliphatic carbocycles. The van der Waals surface area contributed by atoms with Crippen LogP contribution in [0.2, 0.25) is 0 Å². The van der Waals surface area contributed by atoms with E-state index < -0.39 is 0 Å². The van der Waals surface area contributed by atoms with Crippen LogP contribution in [0.25, 0.3) is 0 Å². The van der Waals surface area contributed by atoms with Crippen LogP contribution in [0.15, 0.2) is 0 Å². The van der Waals surface area contributed by atoms with Crippen molar-refractivity contribution in [2.45, 2.75) is 52.7 Å². The van der Waals surface area contributed by atoms with E-state index in [9.17, 15) is 9.59 Å². The highest BCUT2D eigenvalue weighted by molar-refractivity contribution is 5.76. The van der Waals surface area contributed by atoms with E-state index in [1.165, 1.54) is 0 Å². The molecule has 0 fully saturated rings. The zero-order valence-electron chi connectivity index (χ0n) is 11.2. The summed E-state index contributed by atoms with van der Waals surface area (Å²) in [6, 6.07) is 0.202. The average Bonchev–Trinajstić information content (AvgIpc) is 2.23. The summed E-state index contributed by atoms with van der Waals surface area (Å²) in [5.41, 5.74) is 0. The van der Waals surface area contributed by atoms with E-state index in [0.717, 1.165) is 6.42 Å². The summed E-state index contributed by atoms with van der Waals surface area (Å²) in [6.07, 6.45) is 1.19. The van der Waals surface area contributed by atoms with Crippen molar-refractivity contribution < 1.29 is 14.3 Å². The first-order chi connectivity index (χ1) is 7.95. The maximum atomic E-state index is 11.4. The average molecular weight is 244 g/mol. The van der Waals surface area contributed by atoms with Gasteiger partial charge in [0, 0.05) is 19.0 Å². The Balaban J connectivity index is 3.51. The highest BCUT2D eigenvalue weighted by atomic mass is 16.5. The molecule has 0 aromatic carbocycles. The molecule has 17 heavy (non-hydrogen) atoms. The van der Waals surface area contributed by atoms with Crippen LogP contribution in [-0.4, -0.2) is 37.1 Å². The third-order valence-corrected chi connectivity index (χ3v) is 2.19. The normalized spacial score (nSPS) is 12.3. The van der Waals surface area contributed by atoms with Gasteiger partial charge in [-0.1, -0.05) is 6.92 Å². The smallest absolute Gasteiger partial charge is 0.320 e. The lowest BCUT2D eigenvalue weighted by atomic mass is 10.2. The number of amides is 1. The number of ether oxygens (including phenoxy) is 1. The first-order valence-electron chi connectivity index (χ1n) is 6.15. The first-order valence-corrected chi connectivity index (χ1v) is 6.15. The van der Waals surface area contributed by atoms with Gasteiger partial charge in [0.05, 0.1) is 12.6 Å². The predicted octanol–water partition coefficient (Wildman–Crippen LogP) is 0.832. The summed E-state index contributed by atoms with van der Waals surface area (Å²) in [7, 11) is 0. The topological polar surface area (TPSA) is 67.4 Å². The number of carbonyl (C=O) groups is 2. The second-order valence-corrected chi connectivity index (χ2v) is 4.34. The molecule has 1 unspecified atom stereocenters. The summed E-state index contributed by atoms with van der Waals surface area (Å²) >= 11 is 0. The fraction of sp³-hybridized carbons (Fsp3) is 0.833. The van der Waals surface area contributed by atoms with E-state index in [0.29, 0.717) is 13.0 Å². The van der Waals surface area contributed by atoms with Crippen LogP contribution in [-0.2, 0) is 14.3 Å². The van der Waals surface area contributed by atoms with E-state index in [-0.39, 0.29) is 30.6 Å². The van der Waals surface area contributed by atoms with E-state index in [1.54, 1.807) is 13.8 Å². The fourth-order valence-corrected chi connectivity index (χ4v) is 1.15. The number of carbonyl (C=O) groups excluding carboxylic acids is 2. The second kappa shape index (κ2) is 8.98. The molecule has 0 aromatic heterocycles. The molecule has 0 heterocycles. The molecule has 100 valence electrons. The van der Waals surface area contributed by atoms with Gasteiger partial charge in [-0.3, -0.25) is 9.59 Å². The van der Waals surface area contributed by atoms with Gasteiger partial charge in [-0.25, -0.2) is 0 Å². The standard InChI is InChI=1S/C12H24N2O3/c1-5-10(4)14-11(15)6-7-13-8-12(16)17-9(2)3/h9-10,13H,5-8H2,1-4H3,(H,14,15). The molecule has 0 saturated heterocycles. The molecule has 0 radical (unpaired) electrons. The zero-order chi connectivity index (χ0) is 13.3. The number of rotatable bonds is 8. The van der Waals surface area contributed by atoms with Gasteiger partial charge in [-0.05, 0) is 27.2 Å². The van der Waals surface area contributed by atoms with Crippen LogP contribution in [0.1, 0.15) is 40.5 Å². The van der Waals surface area contributed by atoms with Crippen molar-refractivity contribution >= 4 is 11.9 Å². The minimum atomic E-state index is -0.290. The number of hydrogen-bond donors (Lipinski definition) is 2. The van der Waals surface area contributed by atoms with Gasteiger partial charge >= 0.3 is 5.97 Å². The van der Waals surface area contributed by atoms with Crippen molar-refractivity contribution in [2.75, 3.05) is 13.1 Å². The Morgan fingerprint density at radius 1 is 1.24 bits per heavy atom. The van der Waals surface area contributed by atoms with Crippen LogP contribution in [0.4, 0.5) is 0 Å². The Morgan fingerprint density at radius 2 is 1.88 bits per heavy atom. The summed E-state index contributed by atoms with van der Waals surface area (Å²) in [5, 5.41) is 5.73. The minimum absolute atomic E-state index is 0.00377. The Morgan fingerprint density at radius 3 is 2.41 bits per heavy atom. The monoisotopic (exact) mass is 244 g/mol. The molecule has 0 spiro atoms. The quantitative estimate of drug-likeness (QED) is 0.490. The molecule has 0 aliphatic rings.